The van der Waals surface area contributed by atoms with Gasteiger partial charge in [0.15, 0.2) is 56.5 Å². The maximum absolute atomic E-state index is 13.2. The molecule has 9 aliphatic heterocycles. The zero-order valence-corrected chi connectivity index (χ0v) is 63.4. The number of anilines is 1. The van der Waals surface area contributed by atoms with Gasteiger partial charge >= 0.3 is 0 Å². The molecule has 0 saturated carbocycles. The Morgan fingerprint density at radius 1 is 0.297 bits per heavy atom. The minimum Gasteiger partial charge on any atom is -0.394 e. The van der Waals surface area contributed by atoms with Crippen molar-refractivity contribution in [3.05, 3.63) is 24.4 Å². The number of hydrogen-bond acceptors (Lipinski definition) is 47. The number of amides is 4. The van der Waals surface area contributed by atoms with E-state index < -0.39 is 359 Å². The maximum atomic E-state index is 13.2. The molecule has 1 aromatic heterocycles. The number of rotatable bonds is 31. The lowest BCUT2D eigenvalue weighted by Crippen LogP contribution is -2.71. The normalized spacial score (nSPS) is 47.0. The van der Waals surface area contributed by atoms with Gasteiger partial charge in [-0.2, -0.15) is 0 Å². The van der Waals surface area contributed by atoms with Gasteiger partial charge in [-0.3, -0.25) is 19.2 Å². The van der Waals surface area contributed by atoms with Crippen LogP contribution in [0.2, 0.25) is 0 Å². The van der Waals surface area contributed by atoms with Crippen LogP contribution in [-0.4, -0.2) is 487 Å². The van der Waals surface area contributed by atoms with E-state index in [2.05, 4.69) is 31.6 Å². The SMILES string of the molecule is CC(=O)NC1C(Nc2ccccn2)OC(CO)C(OC2OC(CO)C(OC3OC(COC4OC(CO)C(O)C(O)C4OC4OC(CO)C(OC5OC(CO)C(O)C(O)C5O)C(O)C4NC(C)=O)C(O)C(OC4OC(CO)C(O)C(O)C4OC4OC(CO)C(OC5OC(CO)C(O)C(O)C5O)C(O)C4NC(C)=O)C3O)C(O)C2NC(C)=O)C1O. The van der Waals surface area contributed by atoms with Gasteiger partial charge in [-0.05, 0) is 12.1 Å². The molecule has 45 atom stereocenters. The lowest BCUT2D eigenvalue weighted by Gasteiger charge is -2.51. The van der Waals surface area contributed by atoms with E-state index in [-0.39, 0.29) is 5.82 Å². The lowest BCUT2D eigenvalue weighted by molar-refractivity contribution is -0.398. The van der Waals surface area contributed by atoms with Crippen molar-refractivity contribution in [1.82, 2.24) is 26.3 Å². The van der Waals surface area contributed by atoms with Gasteiger partial charge < -0.3 is 230 Å². The van der Waals surface area contributed by atoms with E-state index in [1.807, 2.05) is 0 Å². The molecule has 1 aromatic rings. The predicted molar refractivity (Wildman–Crippen MR) is 369 cm³/mol. The molecule has 9 fully saturated rings. The Hall–Kier alpha value is -4.81. The van der Waals surface area contributed by atoms with Gasteiger partial charge in [0, 0.05) is 33.9 Å². The van der Waals surface area contributed by atoms with E-state index in [4.69, 9.17) is 80.5 Å². The van der Waals surface area contributed by atoms with Gasteiger partial charge in [0.25, 0.3) is 0 Å². The van der Waals surface area contributed by atoms with Crippen LogP contribution in [-0.2, 0) is 99.7 Å². The second kappa shape index (κ2) is 42.2. The van der Waals surface area contributed by atoms with Crippen LogP contribution < -0.4 is 26.6 Å². The molecule has 0 radical (unpaired) electrons. The zero-order chi connectivity index (χ0) is 86.3. The van der Waals surface area contributed by atoms with E-state index >= 15 is 0 Å². The first kappa shape index (κ1) is 95.4. The molecular weight excluding hydrogens is 1610 g/mol. The summed E-state index contributed by atoms with van der Waals surface area (Å²) < 4.78 is 102. The highest BCUT2D eigenvalue weighted by Crippen LogP contribution is 2.40. The first-order chi connectivity index (χ1) is 56.1. The Labute approximate surface area is 669 Å². The average Bonchev–Trinajstić information content (AvgIpc) is 0.772. The third kappa shape index (κ3) is 21.2. The molecule has 118 heavy (non-hydrogen) atoms. The molecule has 29 N–H and O–H groups in total. The highest BCUT2D eigenvalue weighted by atomic mass is 16.8. The van der Waals surface area contributed by atoms with Crippen molar-refractivity contribution in [1.29, 1.82) is 0 Å². The van der Waals surface area contributed by atoms with Crippen molar-refractivity contribution >= 4 is 29.4 Å². The van der Waals surface area contributed by atoms with Crippen molar-refractivity contribution in [2.45, 2.75) is 304 Å². The van der Waals surface area contributed by atoms with Crippen LogP contribution in [0, 0.1) is 0 Å². The second-order valence-electron chi connectivity index (χ2n) is 29.6. The van der Waals surface area contributed by atoms with Crippen LogP contribution in [0.1, 0.15) is 27.7 Å². The first-order valence-electron chi connectivity index (χ1n) is 37.7. The minimum absolute atomic E-state index is 0.188. The Kier molecular flexibility index (Phi) is 34.2. The van der Waals surface area contributed by atoms with Crippen LogP contribution in [0.15, 0.2) is 24.4 Å². The maximum Gasteiger partial charge on any atom is 0.217 e. The summed E-state index contributed by atoms with van der Waals surface area (Å²) in [5.74, 6) is -3.31. The molecule has 0 aliphatic carbocycles. The van der Waals surface area contributed by atoms with Gasteiger partial charge in [-0.25, -0.2) is 4.98 Å². The van der Waals surface area contributed by atoms with Crippen molar-refractivity contribution in [3.63, 3.8) is 0 Å². The quantitative estimate of drug-likeness (QED) is 0.0328. The minimum atomic E-state index is -2.57. The molecule has 0 aromatic carbocycles. The standard InChI is InChI=1S/C67H108N6O45/c1-18(82)69-32-41(91)52(26(13-78)103-59(32)73-31-7-5-6-8-68-31)112-60-33(70-19(2)83)42(92)55(29(16-81)108-60)115-65-51(101)56(116-67-58(48(98)39(89)25(12-77)107-67)118-62-35(72-21(4)85)44(94)54(28(15-80)110-62)114-64-50(100)46(96)37(87)23(10-75)105-64)40(90)30(111-65)17-102-66-57(47(97)38(88)24(11-76)106-66)117-61-34(71-20(3)84)43(93)53(27(14-79)109-61)113-63-49(99)45(95)36(86)22(9-74)104-63/h5-8,22-30,32-67,74-81,86-101H,9-17H2,1-4H3,(H,68,73)(H,69,82)(H,70,83)(H,71,84)(H,72,85). The molecule has 10 rings (SSSR count). The van der Waals surface area contributed by atoms with Gasteiger partial charge in [0.05, 0.1) is 59.5 Å². The van der Waals surface area contributed by atoms with Gasteiger partial charge in [0.2, 0.25) is 23.6 Å². The first-order valence-corrected chi connectivity index (χ1v) is 37.7. The van der Waals surface area contributed by atoms with Crippen LogP contribution in [0.4, 0.5) is 5.82 Å². The largest absolute Gasteiger partial charge is 0.394 e. The third-order valence-corrected chi connectivity index (χ3v) is 21.3. The number of nitrogens with zero attached hydrogens (tertiary/aromatic N) is 1. The molecule has 0 bridgehead atoms. The highest BCUT2D eigenvalue weighted by Gasteiger charge is 2.61. The summed E-state index contributed by atoms with van der Waals surface area (Å²) in [5.41, 5.74) is 0. The smallest absolute Gasteiger partial charge is 0.217 e. The lowest BCUT2D eigenvalue weighted by atomic mass is 9.93. The summed E-state index contributed by atoms with van der Waals surface area (Å²) in [5, 5.41) is 281. The van der Waals surface area contributed by atoms with Crippen LogP contribution in [0.5, 0.6) is 0 Å². The molecule has 9 aliphatic rings. The summed E-state index contributed by atoms with van der Waals surface area (Å²) >= 11 is 0. The Balaban J connectivity index is 0.977. The summed E-state index contributed by atoms with van der Waals surface area (Å²) in [6.45, 7) is -5.79. The molecule has 51 heteroatoms. The summed E-state index contributed by atoms with van der Waals surface area (Å²) in [6.07, 6.45) is -82.8. The number of ether oxygens (including phenoxy) is 17. The van der Waals surface area contributed by atoms with E-state index in [0.29, 0.717) is 0 Å². The van der Waals surface area contributed by atoms with Crippen molar-refractivity contribution in [2.24, 2.45) is 0 Å². The number of hydrogen-bond donors (Lipinski definition) is 29. The number of aromatic nitrogens is 1. The van der Waals surface area contributed by atoms with Crippen molar-refractivity contribution < 1.29 is 222 Å². The third-order valence-electron chi connectivity index (χ3n) is 21.3. The predicted octanol–water partition coefficient (Wildman–Crippen LogP) is -18.5. The van der Waals surface area contributed by atoms with Gasteiger partial charge in [-0.1, -0.05) is 6.07 Å². The molecule has 676 valence electrons. The number of carbonyl (C=O) groups is 4. The molecule has 4 amide bonds. The van der Waals surface area contributed by atoms with E-state index in [9.17, 15) is 142 Å². The van der Waals surface area contributed by atoms with E-state index in [0.717, 1.165) is 27.7 Å². The van der Waals surface area contributed by atoms with Crippen molar-refractivity contribution in [2.75, 3.05) is 64.8 Å². The summed E-state index contributed by atoms with van der Waals surface area (Å²) in [4.78, 5) is 55.9. The number of nitrogens with one attached hydrogen (secondary N) is 5. The van der Waals surface area contributed by atoms with Gasteiger partial charge in [-0.15, -0.1) is 0 Å². The van der Waals surface area contributed by atoms with Crippen LogP contribution in [0.3, 0.4) is 0 Å². The fraction of sp³-hybridized carbons (Fsp3) is 0.866. The highest BCUT2D eigenvalue weighted by molar-refractivity contribution is 5.74. The molecule has 10 heterocycles. The number of aliphatic hydroxyl groups is 24. The fourth-order valence-corrected chi connectivity index (χ4v) is 15.2. The Morgan fingerprint density at radius 2 is 0.593 bits per heavy atom. The molecule has 0 spiro atoms. The number of pyridine rings is 1. The van der Waals surface area contributed by atoms with Crippen LogP contribution >= 0.6 is 0 Å². The monoisotopic (exact) mass is 1720 g/mol. The fourth-order valence-electron chi connectivity index (χ4n) is 15.2. The molecule has 51 nitrogen and oxygen atoms in total. The summed E-state index contributed by atoms with van der Waals surface area (Å²) in [6, 6.07) is -2.48. The molecule has 9 saturated heterocycles. The topological polar surface area (TPSA) is 784 Å². The molecule has 45 unspecified atom stereocenters. The summed E-state index contributed by atoms with van der Waals surface area (Å²) in [7, 11) is 0. The van der Waals surface area contributed by atoms with E-state index in [1.165, 1.54) is 12.3 Å². The second-order valence-corrected chi connectivity index (χ2v) is 29.6. The molecular formula is C67H108N6O45. The van der Waals surface area contributed by atoms with Crippen LogP contribution in [0.25, 0.3) is 0 Å². The number of aliphatic hydroxyl groups excluding tert-OH is 24. The van der Waals surface area contributed by atoms with Crippen molar-refractivity contribution in [3.8, 4) is 0 Å². The van der Waals surface area contributed by atoms with Gasteiger partial charge in [0.1, 0.15) is 225 Å². The number of carbonyl (C=O) groups excluding carboxylic acids is 4. The Morgan fingerprint density at radius 3 is 0.966 bits per heavy atom. The van der Waals surface area contributed by atoms with E-state index in [1.54, 1.807) is 12.1 Å². The zero-order valence-electron chi connectivity index (χ0n) is 63.4. The Bertz CT molecular complexity index is 3310. The average molecular weight is 1720 g/mol.